The summed E-state index contributed by atoms with van der Waals surface area (Å²) in [4.78, 5) is 113. The second-order valence-corrected chi connectivity index (χ2v) is 26.6. The molecule has 0 heterocycles. The number of carbonyl (C=O) groups is 10. The molecule has 0 fully saturated rings. The lowest BCUT2D eigenvalue weighted by atomic mass is 10.1. The zero-order valence-electron chi connectivity index (χ0n) is 53.3. The third-order valence-electron chi connectivity index (χ3n) is 12.2. The lowest BCUT2D eigenvalue weighted by Crippen LogP contribution is -2.12. The van der Waals surface area contributed by atoms with E-state index in [-0.39, 0.29) is 58.5 Å². The molecule has 1 N–H and O–H groups in total. The van der Waals surface area contributed by atoms with Crippen molar-refractivity contribution in [3.63, 3.8) is 0 Å². The lowest BCUT2D eigenvalue weighted by Gasteiger charge is -2.16. The minimum Gasteiger partial charge on any atom is -0.468 e. The van der Waals surface area contributed by atoms with Crippen molar-refractivity contribution in [2.24, 2.45) is 0 Å². The normalized spacial score (nSPS) is 12.0. The Balaban J connectivity index is 0.000000575. The minimum atomic E-state index is -0.593. The van der Waals surface area contributed by atoms with Gasteiger partial charge in [0.2, 0.25) is 0 Å². The number of carbonyl (C=O) groups excluding carboxylic acids is 10. The lowest BCUT2D eigenvalue weighted by molar-refractivity contribution is -0.141. The highest BCUT2D eigenvalue weighted by molar-refractivity contribution is 8.01. The topological polar surface area (TPSA) is 237 Å². The number of rotatable bonds is 31. The molecular weight excluding hydrogens is 1330 g/mol. The van der Waals surface area contributed by atoms with Crippen LogP contribution in [0.25, 0.3) is 0 Å². The van der Waals surface area contributed by atoms with E-state index in [1.54, 1.807) is 73.7 Å². The molecule has 5 aromatic carbocycles. The Morgan fingerprint density at radius 1 is 0.402 bits per heavy atom. The zero-order chi connectivity index (χ0) is 69.3. The first-order valence-electron chi connectivity index (χ1n) is 28.3. The van der Waals surface area contributed by atoms with Crippen molar-refractivity contribution in [3.05, 3.63) is 176 Å². The Labute approximate surface area is 569 Å². The van der Waals surface area contributed by atoms with Gasteiger partial charge in [-0.1, -0.05) is 108 Å². The van der Waals surface area contributed by atoms with Gasteiger partial charge in [0.25, 0.3) is 0 Å². The van der Waals surface area contributed by atoms with Gasteiger partial charge in [-0.05, 0) is 111 Å². The van der Waals surface area contributed by atoms with Gasteiger partial charge in [-0.15, -0.1) is 58.8 Å². The van der Waals surface area contributed by atoms with Crippen LogP contribution in [0.2, 0.25) is 10.0 Å². The molecule has 92 heavy (non-hydrogen) atoms. The van der Waals surface area contributed by atoms with Crippen molar-refractivity contribution in [3.8, 4) is 0 Å². The Bertz CT molecular complexity index is 3060. The first kappa shape index (κ1) is 84.0. The van der Waals surface area contributed by atoms with Crippen LogP contribution < -0.4 is 0 Å². The van der Waals surface area contributed by atoms with Crippen molar-refractivity contribution in [1.82, 2.24) is 0 Å². The molecule has 5 aromatic rings. The van der Waals surface area contributed by atoms with E-state index in [1.807, 2.05) is 31.2 Å². The van der Waals surface area contributed by atoms with Gasteiger partial charge in [0.1, 0.15) is 66.8 Å². The fraction of sp³-hybridized carbons (Fsp3) is 0.403. The van der Waals surface area contributed by atoms with E-state index in [2.05, 4.69) is 0 Å². The van der Waals surface area contributed by atoms with E-state index >= 15 is 0 Å². The second-order valence-electron chi connectivity index (χ2n) is 19.7. The van der Waals surface area contributed by atoms with E-state index in [4.69, 9.17) is 52.0 Å². The summed E-state index contributed by atoms with van der Waals surface area (Å²) in [5, 5.41) is 7.47. The van der Waals surface area contributed by atoms with E-state index in [9.17, 15) is 56.7 Å². The predicted octanol–water partition coefficient (Wildman–Crippen LogP) is 14.5. The Morgan fingerprint density at radius 3 is 1.03 bits per heavy atom. The molecule has 0 amide bonds. The van der Waals surface area contributed by atoms with Gasteiger partial charge in [-0.3, -0.25) is 47.9 Å². The number of aliphatic hydroxyl groups excluding tert-OH is 1. The highest BCUT2D eigenvalue weighted by atomic mass is 35.5. The predicted molar refractivity (Wildman–Crippen MR) is 365 cm³/mol. The third kappa shape index (κ3) is 34.7. The van der Waals surface area contributed by atoms with Gasteiger partial charge in [0.15, 0.2) is 0 Å². The SMILES string of the molecule is COC(=O)C(SCCC(C)=O)c1ccc(C)cc1.COC(=O)C(SCCC(C)=O)c1ccc(CO)cc1.COC(=O)C(SCCC(C)=O)c1ccc(Cl)cc1Cl.COC(=O)C(SCCC(C)=O)c1ccc(F)cc1.COC(=O)C(SCCC(C)=O)c1cccc(F)c1. The molecule has 0 spiro atoms. The van der Waals surface area contributed by atoms with Crippen LogP contribution >= 0.6 is 82.0 Å². The van der Waals surface area contributed by atoms with E-state index < -0.39 is 44.7 Å². The smallest absolute Gasteiger partial charge is 0.323 e. The summed E-state index contributed by atoms with van der Waals surface area (Å²) in [7, 11) is 6.66. The van der Waals surface area contributed by atoms with Crippen LogP contribution in [0.3, 0.4) is 0 Å². The number of aryl methyl sites for hydroxylation is 1. The first-order valence-corrected chi connectivity index (χ1v) is 34.3. The maximum atomic E-state index is 13.1. The summed E-state index contributed by atoms with van der Waals surface area (Å²) >= 11 is 18.7. The number of esters is 5. The molecule has 0 radical (unpaired) electrons. The monoisotopic (exact) mass is 1410 g/mol. The molecule has 5 rings (SSSR count). The largest absolute Gasteiger partial charge is 0.468 e. The number of aliphatic hydroxyl groups is 1. The van der Waals surface area contributed by atoms with E-state index in [0.717, 1.165) is 22.3 Å². The number of Topliss-reactive ketones (excluding diaryl/α,β-unsaturated/α-hetero) is 5. The fourth-order valence-electron chi connectivity index (χ4n) is 7.18. The molecule has 0 aliphatic rings. The summed E-state index contributed by atoms with van der Waals surface area (Å²) in [6, 6.07) is 31.5. The first-order chi connectivity index (χ1) is 43.7. The van der Waals surface area contributed by atoms with Crippen molar-refractivity contribution >= 4 is 141 Å². The molecule has 0 aliphatic carbocycles. The highest BCUT2D eigenvalue weighted by Gasteiger charge is 2.27. The zero-order valence-corrected chi connectivity index (χ0v) is 58.9. The molecule has 0 saturated carbocycles. The van der Waals surface area contributed by atoms with Crippen LogP contribution in [0.15, 0.2) is 115 Å². The molecule has 0 aromatic heterocycles. The summed E-state index contributed by atoms with van der Waals surface area (Å²) in [5.74, 6) is 0.673. The second kappa shape index (κ2) is 47.8. The van der Waals surface area contributed by atoms with Gasteiger partial charge in [0.05, 0.1) is 42.2 Å². The average Bonchev–Trinajstić information content (AvgIpc) is 1.51. The maximum absolute atomic E-state index is 13.1. The Morgan fingerprint density at radius 2 is 0.717 bits per heavy atom. The fourth-order valence-corrected chi connectivity index (χ4v) is 13.9. The van der Waals surface area contributed by atoms with Crippen molar-refractivity contribution in [2.45, 2.75) is 107 Å². The molecule has 5 unspecified atom stereocenters. The van der Waals surface area contributed by atoms with Crippen LogP contribution in [-0.4, -0.2) is 128 Å². The van der Waals surface area contributed by atoms with Crippen LogP contribution in [0.5, 0.6) is 0 Å². The van der Waals surface area contributed by atoms with Crippen LogP contribution in [-0.2, 0) is 78.2 Å². The summed E-state index contributed by atoms with van der Waals surface area (Å²) in [6.07, 6.45) is 2.10. The summed E-state index contributed by atoms with van der Waals surface area (Å²) < 4.78 is 49.7. The van der Waals surface area contributed by atoms with Gasteiger partial charge >= 0.3 is 29.8 Å². The molecule has 0 saturated heterocycles. The molecule has 0 bridgehead atoms. The van der Waals surface area contributed by atoms with Crippen molar-refractivity contribution < 1.29 is 85.5 Å². The number of halogens is 4. The number of hydrogen-bond donors (Lipinski definition) is 1. The Kier molecular flexibility index (Phi) is 43.6. The van der Waals surface area contributed by atoms with Gasteiger partial charge in [0, 0.05) is 70.9 Å². The maximum Gasteiger partial charge on any atom is 0.323 e. The number of benzene rings is 5. The van der Waals surface area contributed by atoms with Crippen LogP contribution in [0.1, 0.15) is 132 Å². The Hall–Kier alpha value is -6.05. The molecular formula is C67H80Cl2F2O16S5. The van der Waals surface area contributed by atoms with Crippen molar-refractivity contribution in [2.75, 3.05) is 64.3 Å². The van der Waals surface area contributed by atoms with Gasteiger partial charge in [-0.25, -0.2) is 8.78 Å². The number of thioether (sulfide) groups is 5. The molecule has 25 heteroatoms. The van der Waals surface area contributed by atoms with Gasteiger partial charge < -0.3 is 28.8 Å². The molecule has 0 aliphatic heterocycles. The van der Waals surface area contributed by atoms with Crippen LogP contribution in [0, 0.1) is 18.6 Å². The molecule has 5 atom stereocenters. The average molecular weight is 1410 g/mol. The number of ether oxygens (including phenoxy) is 5. The van der Waals surface area contributed by atoms with E-state index in [0.29, 0.717) is 87.6 Å². The number of methoxy groups -OCH3 is 5. The number of ketones is 5. The third-order valence-corrected chi connectivity index (χ3v) is 18.9. The minimum absolute atomic E-state index is 0.0271. The summed E-state index contributed by atoms with van der Waals surface area (Å²) in [6.45, 7) is 9.58. The molecule has 502 valence electrons. The number of hydrogen-bond acceptors (Lipinski definition) is 21. The summed E-state index contributed by atoms with van der Waals surface area (Å²) in [5.41, 5.74) is 5.55. The quantitative estimate of drug-likeness (QED) is 0.0320. The standard InChI is InChI=1S/C14H18O4S.C14H18O3S.C13H14Cl2O3S.2C13H15FO3S/c1-10(16)7-8-19-13(14(17)18-2)12-5-3-11(9-15)4-6-12;1-10-4-6-12(7-5-10)13(14(16)17-3)18-9-8-11(2)15;1-8(16)5-6-19-12(13(17)18-2)10-4-3-9(14)7-11(10)15;1-9(15)7-8-18-12(13(16)17-2)10-3-5-11(14)6-4-10;1-9(15)6-7-18-12(13(16)17-2)10-4-3-5-11(14)8-10/h3-6,13,15H,7-9H2,1-2H3;4-7,13H,8-9H2,1-3H3;3-4,7,12H,5-6H2,1-2H3;3-6,12H,7-8H2,1-2H3;3-5,8,12H,6-7H2,1-2H3. The molecule has 16 nitrogen and oxygen atoms in total. The van der Waals surface area contributed by atoms with Crippen LogP contribution in [0.4, 0.5) is 8.78 Å². The van der Waals surface area contributed by atoms with E-state index in [1.165, 1.54) is 146 Å². The van der Waals surface area contributed by atoms with Gasteiger partial charge in [-0.2, -0.15) is 0 Å². The van der Waals surface area contributed by atoms with Crippen molar-refractivity contribution in [1.29, 1.82) is 0 Å². The highest BCUT2D eigenvalue weighted by Crippen LogP contribution is 2.37.